The van der Waals surface area contributed by atoms with Crippen LogP contribution in [0, 0.1) is 11.3 Å². The molecule has 2 fully saturated rings. The number of rotatable bonds is 4. The Morgan fingerprint density at radius 1 is 1.25 bits per heavy atom. The second kappa shape index (κ2) is 5.92. The Kier molecular flexibility index (Phi) is 4.02. The predicted molar refractivity (Wildman–Crippen MR) is 75.3 cm³/mol. The van der Waals surface area contributed by atoms with Gasteiger partial charge in [-0.25, -0.2) is 0 Å². The summed E-state index contributed by atoms with van der Waals surface area (Å²) >= 11 is 0. The molecule has 0 radical (unpaired) electrons. The van der Waals surface area contributed by atoms with Gasteiger partial charge in [0.25, 0.3) is 0 Å². The van der Waals surface area contributed by atoms with E-state index in [2.05, 4.69) is 23.5 Å². The summed E-state index contributed by atoms with van der Waals surface area (Å²) in [5.74, 6) is 0. The van der Waals surface area contributed by atoms with Gasteiger partial charge in [0.15, 0.2) is 0 Å². The molecule has 1 N–H and O–H groups in total. The van der Waals surface area contributed by atoms with Gasteiger partial charge in [0.2, 0.25) is 0 Å². The van der Waals surface area contributed by atoms with Crippen LogP contribution in [0.3, 0.4) is 0 Å². The lowest BCUT2D eigenvalue weighted by molar-refractivity contribution is -0.0880. The standard InChI is InChI=1S/C16H20N2O2/c17-12-16(13-4-2-1-3-5-13)8-14(9-16)18-10-15-11-19-6-7-20-15/h1-5,14-15,18H,6-11H2. The molecule has 2 aliphatic rings. The molecular formula is C16H20N2O2. The third-order valence-corrected chi connectivity index (χ3v) is 4.25. The van der Waals surface area contributed by atoms with E-state index in [0.717, 1.165) is 24.9 Å². The van der Waals surface area contributed by atoms with Gasteiger partial charge in [-0.2, -0.15) is 5.26 Å². The topological polar surface area (TPSA) is 54.3 Å². The zero-order chi connectivity index (χ0) is 13.8. The molecule has 4 heteroatoms. The van der Waals surface area contributed by atoms with Crippen molar-refractivity contribution < 1.29 is 9.47 Å². The van der Waals surface area contributed by atoms with Crippen molar-refractivity contribution in [2.75, 3.05) is 26.4 Å². The molecule has 20 heavy (non-hydrogen) atoms. The van der Waals surface area contributed by atoms with Crippen molar-refractivity contribution in [3.05, 3.63) is 35.9 Å². The molecule has 1 atom stereocenters. The van der Waals surface area contributed by atoms with Crippen LogP contribution in [0.15, 0.2) is 30.3 Å². The van der Waals surface area contributed by atoms with Crippen molar-refractivity contribution >= 4 is 0 Å². The highest BCUT2D eigenvalue weighted by molar-refractivity contribution is 5.36. The van der Waals surface area contributed by atoms with Gasteiger partial charge in [-0.3, -0.25) is 0 Å². The molecule has 0 bridgehead atoms. The first-order chi connectivity index (χ1) is 9.82. The van der Waals surface area contributed by atoms with Gasteiger partial charge in [0.1, 0.15) is 0 Å². The SMILES string of the molecule is N#CC1(c2ccccc2)CC(NCC2COCCO2)C1. The zero-order valence-electron chi connectivity index (χ0n) is 11.5. The molecule has 1 saturated carbocycles. The lowest BCUT2D eigenvalue weighted by Crippen LogP contribution is -2.53. The Balaban J connectivity index is 1.51. The van der Waals surface area contributed by atoms with E-state index in [1.54, 1.807) is 0 Å². The molecule has 106 valence electrons. The largest absolute Gasteiger partial charge is 0.376 e. The summed E-state index contributed by atoms with van der Waals surface area (Å²) in [7, 11) is 0. The highest BCUT2D eigenvalue weighted by Crippen LogP contribution is 2.43. The minimum absolute atomic E-state index is 0.151. The van der Waals surface area contributed by atoms with Crippen molar-refractivity contribution in [1.82, 2.24) is 5.32 Å². The highest BCUT2D eigenvalue weighted by Gasteiger charge is 2.45. The van der Waals surface area contributed by atoms with Crippen LogP contribution in [0.2, 0.25) is 0 Å². The van der Waals surface area contributed by atoms with Crippen molar-refractivity contribution in [2.24, 2.45) is 0 Å². The number of nitrogens with zero attached hydrogens (tertiary/aromatic N) is 1. The number of hydrogen-bond acceptors (Lipinski definition) is 4. The second-order valence-electron chi connectivity index (χ2n) is 5.64. The van der Waals surface area contributed by atoms with E-state index in [0.29, 0.717) is 25.9 Å². The monoisotopic (exact) mass is 272 g/mol. The molecular weight excluding hydrogens is 252 g/mol. The van der Waals surface area contributed by atoms with E-state index in [9.17, 15) is 5.26 Å². The molecule has 1 saturated heterocycles. The Morgan fingerprint density at radius 2 is 2.05 bits per heavy atom. The molecule has 0 amide bonds. The van der Waals surface area contributed by atoms with E-state index in [1.807, 2.05) is 18.2 Å². The maximum atomic E-state index is 9.50. The highest BCUT2D eigenvalue weighted by atomic mass is 16.6. The molecule has 1 aliphatic heterocycles. The van der Waals surface area contributed by atoms with Crippen LogP contribution in [0.25, 0.3) is 0 Å². The number of nitriles is 1. The van der Waals surface area contributed by atoms with Crippen molar-refractivity contribution in [3.63, 3.8) is 0 Å². The van der Waals surface area contributed by atoms with Crippen molar-refractivity contribution in [2.45, 2.75) is 30.4 Å². The number of hydrogen-bond donors (Lipinski definition) is 1. The molecule has 1 aliphatic carbocycles. The molecule has 1 unspecified atom stereocenters. The molecule has 0 aromatic heterocycles. The molecule has 1 heterocycles. The van der Waals surface area contributed by atoms with Gasteiger partial charge in [-0.15, -0.1) is 0 Å². The van der Waals surface area contributed by atoms with Crippen molar-refractivity contribution in [1.29, 1.82) is 5.26 Å². The van der Waals surface area contributed by atoms with E-state index in [-0.39, 0.29) is 11.5 Å². The third-order valence-electron chi connectivity index (χ3n) is 4.25. The van der Waals surface area contributed by atoms with Gasteiger partial charge in [-0.05, 0) is 18.4 Å². The average molecular weight is 272 g/mol. The summed E-state index contributed by atoms with van der Waals surface area (Å²) in [5, 5.41) is 13.0. The van der Waals surface area contributed by atoms with E-state index in [4.69, 9.17) is 9.47 Å². The van der Waals surface area contributed by atoms with Gasteiger partial charge < -0.3 is 14.8 Å². The van der Waals surface area contributed by atoms with Gasteiger partial charge in [-0.1, -0.05) is 30.3 Å². The molecule has 0 spiro atoms. The number of nitrogens with one attached hydrogen (secondary N) is 1. The molecule has 1 aromatic carbocycles. The van der Waals surface area contributed by atoms with Gasteiger partial charge in [0.05, 0.1) is 37.4 Å². The second-order valence-corrected chi connectivity index (χ2v) is 5.64. The first-order valence-electron chi connectivity index (χ1n) is 7.22. The average Bonchev–Trinajstić information content (AvgIpc) is 2.48. The van der Waals surface area contributed by atoms with Crippen molar-refractivity contribution in [3.8, 4) is 6.07 Å². The fourth-order valence-electron chi connectivity index (χ4n) is 3.03. The number of ether oxygens (including phenoxy) is 2. The Hall–Kier alpha value is -1.41. The fraction of sp³-hybridized carbons (Fsp3) is 0.562. The van der Waals surface area contributed by atoms with Crippen LogP contribution in [0.1, 0.15) is 18.4 Å². The Morgan fingerprint density at radius 3 is 2.70 bits per heavy atom. The minimum Gasteiger partial charge on any atom is -0.376 e. The lowest BCUT2D eigenvalue weighted by atomic mass is 9.62. The molecule has 4 nitrogen and oxygen atoms in total. The first-order valence-corrected chi connectivity index (χ1v) is 7.22. The summed E-state index contributed by atoms with van der Waals surface area (Å²) in [6.45, 7) is 2.86. The third kappa shape index (κ3) is 2.71. The van der Waals surface area contributed by atoms with Gasteiger partial charge >= 0.3 is 0 Å². The summed E-state index contributed by atoms with van der Waals surface area (Å²) in [4.78, 5) is 0. The summed E-state index contributed by atoms with van der Waals surface area (Å²) in [5.41, 5.74) is 0.834. The number of benzene rings is 1. The van der Waals surface area contributed by atoms with E-state index in [1.165, 1.54) is 0 Å². The van der Waals surface area contributed by atoms with Crippen LogP contribution < -0.4 is 5.32 Å². The lowest BCUT2D eigenvalue weighted by Gasteiger charge is -2.44. The maximum Gasteiger partial charge on any atom is 0.0933 e. The quantitative estimate of drug-likeness (QED) is 0.905. The summed E-state index contributed by atoms with van der Waals surface area (Å²) in [6, 6.07) is 13.0. The molecule has 1 aromatic rings. The van der Waals surface area contributed by atoms with E-state index < -0.39 is 0 Å². The van der Waals surface area contributed by atoms with Crippen LogP contribution in [-0.4, -0.2) is 38.5 Å². The normalized spacial score (nSPS) is 33.1. The minimum atomic E-state index is -0.303. The fourth-order valence-corrected chi connectivity index (χ4v) is 3.03. The maximum absolute atomic E-state index is 9.50. The summed E-state index contributed by atoms with van der Waals surface area (Å²) in [6.07, 6.45) is 1.90. The van der Waals surface area contributed by atoms with Crippen LogP contribution in [0.5, 0.6) is 0 Å². The first kappa shape index (κ1) is 13.6. The smallest absolute Gasteiger partial charge is 0.0933 e. The van der Waals surface area contributed by atoms with Crippen LogP contribution in [0.4, 0.5) is 0 Å². The van der Waals surface area contributed by atoms with Crippen LogP contribution in [-0.2, 0) is 14.9 Å². The summed E-state index contributed by atoms with van der Waals surface area (Å²) < 4.78 is 11.0. The van der Waals surface area contributed by atoms with Crippen LogP contribution >= 0.6 is 0 Å². The van der Waals surface area contributed by atoms with E-state index >= 15 is 0 Å². The Bertz CT molecular complexity index is 471. The van der Waals surface area contributed by atoms with Gasteiger partial charge in [0, 0.05) is 12.6 Å². The molecule has 3 rings (SSSR count). The predicted octanol–water partition coefficient (Wildman–Crippen LogP) is 1.62. The Labute approximate surface area is 119 Å². The zero-order valence-corrected chi connectivity index (χ0v) is 11.5.